The molecule has 0 saturated carbocycles. The number of ether oxygens (including phenoxy) is 2. The van der Waals surface area contributed by atoms with Gasteiger partial charge in [-0.2, -0.15) is 0 Å². The number of pyridine rings is 2. The van der Waals surface area contributed by atoms with E-state index in [1.54, 1.807) is 17.9 Å². The van der Waals surface area contributed by atoms with Crippen LogP contribution >= 0.6 is 0 Å². The van der Waals surface area contributed by atoms with Gasteiger partial charge in [-0.05, 0) is 25.0 Å². The molecule has 2 aromatic heterocycles. The molecule has 0 aliphatic carbocycles. The number of carbonyl (C=O) groups excluding carboxylic acids is 2. The van der Waals surface area contributed by atoms with E-state index in [1.165, 1.54) is 18.2 Å². The van der Waals surface area contributed by atoms with E-state index in [9.17, 15) is 14.0 Å². The number of aryl methyl sites for hydroxylation is 1. The molecule has 1 aliphatic heterocycles. The fourth-order valence-electron chi connectivity index (χ4n) is 2.63. The van der Waals surface area contributed by atoms with E-state index in [-0.39, 0.29) is 29.6 Å². The number of hydrogen-bond donors (Lipinski definition) is 1. The molecule has 0 unspecified atom stereocenters. The molecule has 0 radical (unpaired) electrons. The lowest BCUT2D eigenvalue weighted by molar-refractivity contribution is 0.00798. The summed E-state index contributed by atoms with van der Waals surface area (Å²) >= 11 is 0. The minimum absolute atomic E-state index is 0.152. The SMILES string of the molecule is Cc1cc(OC2CN(C(=O)OCC(C)C)C2)cc(C(=O)Nc2ccc(F)cn2)n1. The first-order valence-electron chi connectivity index (χ1n) is 9.30. The largest absolute Gasteiger partial charge is 0.487 e. The predicted octanol–water partition coefficient (Wildman–Crippen LogP) is 3.03. The van der Waals surface area contributed by atoms with Crippen molar-refractivity contribution >= 4 is 17.8 Å². The fourth-order valence-corrected chi connectivity index (χ4v) is 2.63. The Labute approximate surface area is 168 Å². The van der Waals surface area contributed by atoms with Gasteiger partial charge < -0.3 is 19.7 Å². The minimum atomic E-state index is -0.491. The highest BCUT2D eigenvalue weighted by Gasteiger charge is 2.33. The standard InChI is InChI=1S/C20H23FN4O4/c1-12(2)11-28-20(27)25-9-16(10-25)29-15-6-13(3)23-17(7-15)19(26)24-18-5-4-14(21)8-22-18/h4-8,12,16H,9-11H2,1-3H3,(H,22,24,26). The summed E-state index contributed by atoms with van der Waals surface area (Å²) in [5.41, 5.74) is 0.755. The second kappa shape index (κ2) is 8.85. The Morgan fingerprint density at radius 3 is 2.72 bits per heavy atom. The summed E-state index contributed by atoms with van der Waals surface area (Å²) in [5, 5.41) is 2.56. The Kier molecular flexibility index (Phi) is 6.26. The van der Waals surface area contributed by atoms with Gasteiger partial charge in [0.2, 0.25) is 0 Å². The van der Waals surface area contributed by atoms with E-state index in [4.69, 9.17) is 9.47 Å². The molecular formula is C20H23FN4O4. The lowest BCUT2D eigenvalue weighted by Crippen LogP contribution is -2.56. The Morgan fingerprint density at radius 1 is 1.31 bits per heavy atom. The maximum atomic E-state index is 12.9. The summed E-state index contributed by atoms with van der Waals surface area (Å²) in [5.74, 6) is 0.00790. The molecule has 1 saturated heterocycles. The van der Waals surface area contributed by atoms with Gasteiger partial charge in [-0.15, -0.1) is 0 Å². The lowest BCUT2D eigenvalue weighted by Gasteiger charge is -2.38. The van der Waals surface area contributed by atoms with Gasteiger partial charge in [-0.1, -0.05) is 13.8 Å². The zero-order chi connectivity index (χ0) is 21.0. The zero-order valence-corrected chi connectivity index (χ0v) is 16.5. The van der Waals surface area contributed by atoms with Crippen LogP contribution in [0.4, 0.5) is 15.0 Å². The van der Waals surface area contributed by atoms with Crippen LogP contribution in [0.2, 0.25) is 0 Å². The van der Waals surface area contributed by atoms with E-state index in [0.717, 1.165) is 6.20 Å². The molecule has 29 heavy (non-hydrogen) atoms. The van der Waals surface area contributed by atoms with Crippen LogP contribution in [0.5, 0.6) is 5.75 Å². The average molecular weight is 402 g/mol. The minimum Gasteiger partial charge on any atom is -0.487 e. The Hall–Kier alpha value is -3.23. The molecule has 0 aromatic carbocycles. The Balaban J connectivity index is 1.56. The van der Waals surface area contributed by atoms with Gasteiger partial charge >= 0.3 is 6.09 Å². The van der Waals surface area contributed by atoms with E-state index >= 15 is 0 Å². The fraction of sp³-hybridized carbons (Fsp3) is 0.400. The predicted molar refractivity (Wildman–Crippen MR) is 103 cm³/mol. The number of carbonyl (C=O) groups is 2. The Morgan fingerprint density at radius 2 is 2.07 bits per heavy atom. The van der Waals surface area contributed by atoms with Crippen LogP contribution < -0.4 is 10.1 Å². The van der Waals surface area contributed by atoms with Crippen LogP contribution in [-0.4, -0.2) is 52.7 Å². The van der Waals surface area contributed by atoms with Crippen molar-refractivity contribution in [1.82, 2.24) is 14.9 Å². The monoisotopic (exact) mass is 402 g/mol. The topological polar surface area (TPSA) is 93.6 Å². The number of hydrogen-bond acceptors (Lipinski definition) is 6. The van der Waals surface area contributed by atoms with Gasteiger partial charge in [0.05, 0.1) is 25.9 Å². The third-order valence-electron chi connectivity index (χ3n) is 4.08. The third kappa shape index (κ3) is 5.63. The summed E-state index contributed by atoms with van der Waals surface area (Å²) in [6.45, 7) is 6.91. The highest BCUT2D eigenvalue weighted by atomic mass is 19.1. The number of halogens is 1. The maximum absolute atomic E-state index is 12.9. The molecule has 3 rings (SSSR count). The first-order valence-corrected chi connectivity index (χ1v) is 9.30. The van der Waals surface area contributed by atoms with Crippen LogP contribution in [0.15, 0.2) is 30.5 Å². The van der Waals surface area contributed by atoms with Crippen molar-refractivity contribution < 1.29 is 23.5 Å². The van der Waals surface area contributed by atoms with Gasteiger partial charge in [0.15, 0.2) is 0 Å². The number of aromatic nitrogens is 2. The zero-order valence-electron chi connectivity index (χ0n) is 16.5. The normalized spacial score (nSPS) is 13.8. The maximum Gasteiger partial charge on any atom is 0.410 e. The molecule has 0 bridgehead atoms. The Bertz CT molecular complexity index is 883. The highest BCUT2D eigenvalue weighted by Crippen LogP contribution is 2.21. The second-order valence-electron chi connectivity index (χ2n) is 7.26. The van der Waals surface area contributed by atoms with Crippen molar-refractivity contribution in [3.05, 3.63) is 47.7 Å². The number of anilines is 1. The van der Waals surface area contributed by atoms with Crippen molar-refractivity contribution in [3.63, 3.8) is 0 Å². The van der Waals surface area contributed by atoms with Crippen LogP contribution in [0.25, 0.3) is 0 Å². The molecule has 8 nitrogen and oxygen atoms in total. The van der Waals surface area contributed by atoms with Crippen LogP contribution in [0, 0.1) is 18.7 Å². The van der Waals surface area contributed by atoms with E-state index < -0.39 is 11.7 Å². The molecule has 3 heterocycles. The molecule has 0 atom stereocenters. The lowest BCUT2D eigenvalue weighted by atomic mass is 10.2. The van der Waals surface area contributed by atoms with Crippen molar-refractivity contribution in [3.8, 4) is 5.75 Å². The molecular weight excluding hydrogens is 379 g/mol. The van der Waals surface area contributed by atoms with Gasteiger partial charge in [-0.25, -0.2) is 19.2 Å². The smallest absolute Gasteiger partial charge is 0.410 e. The third-order valence-corrected chi connectivity index (χ3v) is 4.08. The number of likely N-dealkylation sites (tertiary alicyclic amines) is 1. The second-order valence-corrected chi connectivity index (χ2v) is 7.26. The molecule has 1 fully saturated rings. The van der Waals surface area contributed by atoms with E-state index in [2.05, 4.69) is 15.3 Å². The van der Waals surface area contributed by atoms with Gasteiger partial charge in [-0.3, -0.25) is 4.79 Å². The molecule has 1 N–H and O–H groups in total. The molecule has 0 spiro atoms. The summed E-state index contributed by atoms with van der Waals surface area (Å²) in [4.78, 5) is 33.8. The first kappa shape index (κ1) is 20.5. The highest BCUT2D eigenvalue weighted by molar-refractivity contribution is 6.02. The van der Waals surface area contributed by atoms with Crippen molar-refractivity contribution in [2.75, 3.05) is 25.0 Å². The van der Waals surface area contributed by atoms with Gasteiger partial charge in [0.1, 0.15) is 29.2 Å². The van der Waals surface area contributed by atoms with Gasteiger partial charge in [0.25, 0.3) is 5.91 Å². The number of nitrogens with zero attached hydrogens (tertiary/aromatic N) is 3. The van der Waals surface area contributed by atoms with E-state index in [0.29, 0.717) is 31.1 Å². The summed E-state index contributed by atoms with van der Waals surface area (Å²) in [6, 6.07) is 5.80. The van der Waals surface area contributed by atoms with Crippen molar-refractivity contribution in [2.24, 2.45) is 5.92 Å². The number of nitrogens with one attached hydrogen (secondary N) is 1. The van der Waals surface area contributed by atoms with Crippen molar-refractivity contribution in [2.45, 2.75) is 26.9 Å². The average Bonchev–Trinajstić information content (AvgIpc) is 2.63. The summed E-state index contributed by atoms with van der Waals surface area (Å²) in [6.07, 6.45) is 0.483. The van der Waals surface area contributed by atoms with Crippen molar-refractivity contribution in [1.29, 1.82) is 0 Å². The molecule has 2 amide bonds. The quantitative estimate of drug-likeness (QED) is 0.798. The summed E-state index contributed by atoms with van der Waals surface area (Å²) in [7, 11) is 0. The van der Waals surface area contributed by atoms with Gasteiger partial charge in [0, 0.05) is 17.8 Å². The molecule has 154 valence electrons. The first-order chi connectivity index (χ1) is 13.8. The van der Waals surface area contributed by atoms with Crippen LogP contribution in [0.1, 0.15) is 30.0 Å². The van der Waals surface area contributed by atoms with E-state index in [1.807, 2.05) is 13.8 Å². The van der Waals surface area contributed by atoms with Crippen LogP contribution in [-0.2, 0) is 4.74 Å². The molecule has 9 heteroatoms. The molecule has 1 aliphatic rings. The molecule has 2 aromatic rings. The number of amides is 2. The van der Waals surface area contributed by atoms with Crippen LogP contribution in [0.3, 0.4) is 0 Å². The number of rotatable bonds is 6. The summed E-state index contributed by atoms with van der Waals surface area (Å²) < 4.78 is 24.0.